The molecule has 0 atom stereocenters. The molecule has 0 amide bonds. The summed E-state index contributed by atoms with van der Waals surface area (Å²) in [6.07, 6.45) is 3.10. The maximum atomic E-state index is 9.94. The van der Waals surface area contributed by atoms with Gasteiger partial charge in [-0.1, -0.05) is 41.4 Å². The molecule has 0 fully saturated rings. The number of aromatic hydroxyl groups is 1. The molecule has 0 saturated heterocycles. The number of halogens is 2. The van der Waals surface area contributed by atoms with Crippen molar-refractivity contribution >= 4 is 34.7 Å². The van der Waals surface area contributed by atoms with Crippen LogP contribution in [0.25, 0.3) is 11.5 Å². The lowest BCUT2D eigenvalue weighted by Gasteiger charge is -2.16. The highest BCUT2D eigenvalue weighted by Gasteiger charge is 2.19. The molecule has 26 heavy (non-hydrogen) atoms. The second kappa shape index (κ2) is 6.82. The average Bonchev–Trinajstić information content (AvgIpc) is 3.12. The molecule has 130 valence electrons. The van der Waals surface area contributed by atoms with Crippen molar-refractivity contribution in [3.05, 3.63) is 70.7 Å². The number of imidazole rings is 1. The van der Waals surface area contributed by atoms with E-state index in [2.05, 4.69) is 20.3 Å². The van der Waals surface area contributed by atoms with E-state index in [1.54, 1.807) is 42.7 Å². The Balaban J connectivity index is 1.71. The molecule has 0 spiro atoms. The fraction of sp³-hybridized carbons (Fsp3) is 0.0556. The molecule has 2 aromatic rings. The molecular formula is C18H13Cl2N5O. The van der Waals surface area contributed by atoms with Gasteiger partial charge in [-0.05, 0) is 24.3 Å². The van der Waals surface area contributed by atoms with E-state index in [4.69, 9.17) is 23.2 Å². The third-order valence-electron chi connectivity index (χ3n) is 3.95. The van der Waals surface area contributed by atoms with Crippen molar-refractivity contribution in [3.63, 3.8) is 0 Å². The van der Waals surface area contributed by atoms with E-state index >= 15 is 0 Å². The minimum Gasteiger partial charge on any atom is -0.506 e. The lowest BCUT2D eigenvalue weighted by Crippen LogP contribution is -2.10. The third-order valence-corrected chi connectivity index (χ3v) is 4.66. The zero-order valence-electron chi connectivity index (χ0n) is 13.4. The summed E-state index contributed by atoms with van der Waals surface area (Å²) in [5, 5.41) is 14.2. The van der Waals surface area contributed by atoms with Crippen LogP contribution in [0.2, 0.25) is 10.0 Å². The number of phenols is 1. The average molecular weight is 386 g/mol. The molecule has 0 bridgehead atoms. The van der Waals surface area contributed by atoms with Crippen molar-refractivity contribution in [3.8, 4) is 17.3 Å². The van der Waals surface area contributed by atoms with Crippen LogP contribution in [0.1, 0.15) is 5.56 Å². The molecule has 4 rings (SSSR count). The summed E-state index contributed by atoms with van der Waals surface area (Å²) in [7, 11) is 0. The molecule has 0 aromatic heterocycles. The summed E-state index contributed by atoms with van der Waals surface area (Å²) in [4.78, 5) is 13.0. The van der Waals surface area contributed by atoms with Crippen molar-refractivity contribution in [2.24, 2.45) is 0 Å². The van der Waals surface area contributed by atoms with E-state index in [0.717, 1.165) is 5.56 Å². The molecular weight excluding hydrogens is 373 g/mol. The van der Waals surface area contributed by atoms with E-state index in [0.29, 0.717) is 39.6 Å². The molecule has 2 N–H and O–H groups in total. The standard InChI is InChI=1S/C18H13Cl2N5O/c19-12-4-3-5-13(20)11(12)8-25-10-23-17(16-18(25)22-9-21-16)24-14-6-1-2-7-15(14)26/h1-7,9-10,24,26H,8H2. The number of hydrogen-bond acceptors (Lipinski definition) is 5. The van der Waals surface area contributed by atoms with Gasteiger partial charge in [0.25, 0.3) is 0 Å². The van der Waals surface area contributed by atoms with Gasteiger partial charge < -0.3 is 15.0 Å². The number of phenolic OH excluding ortho intramolecular Hbond substituents is 1. The first-order chi connectivity index (χ1) is 12.6. The molecule has 8 heteroatoms. The maximum Gasteiger partial charge on any atom is 0.165 e. The van der Waals surface area contributed by atoms with Crippen LogP contribution in [0.3, 0.4) is 0 Å². The van der Waals surface area contributed by atoms with Crippen LogP contribution in [-0.2, 0) is 6.54 Å². The quantitative estimate of drug-likeness (QED) is 0.502. The lowest BCUT2D eigenvalue weighted by molar-refractivity contribution is 0.477. The Bertz CT molecular complexity index is 1030. The second-order valence-electron chi connectivity index (χ2n) is 5.61. The van der Waals surface area contributed by atoms with Gasteiger partial charge >= 0.3 is 0 Å². The summed E-state index contributed by atoms with van der Waals surface area (Å²) >= 11 is 12.5. The van der Waals surface area contributed by atoms with Crippen molar-refractivity contribution in [1.29, 1.82) is 0 Å². The number of para-hydroxylation sites is 2. The van der Waals surface area contributed by atoms with Crippen LogP contribution in [-0.4, -0.2) is 24.6 Å². The van der Waals surface area contributed by atoms with Gasteiger partial charge in [-0.2, -0.15) is 0 Å². The molecule has 0 aliphatic carbocycles. The van der Waals surface area contributed by atoms with Crippen LogP contribution in [0.4, 0.5) is 11.5 Å². The number of rotatable bonds is 4. The summed E-state index contributed by atoms with van der Waals surface area (Å²) in [6.45, 7) is 0.414. The van der Waals surface area contributed by atoms with Crippen LogP contribution in [0, 0.1) is 0 Å². The van der Waals surface area contributed by atoms with Crippen molar-refractivity contribution in [2.45, 2.75) is 6.54 Å². The lowest BCUT2D eigenvalue weighted by atomic mass is 10.2. The number of nitrogens with zero attached hydrogens (tertiary/aromatic N) is 4. The molecule has 0 saturated carbocycles. The molecule has 0 unspecified atom stereocenters. The highest BCUT2D eigenvalue weighted by atomic mass is 35.5. The summed E-state index contributed by atoms with van der Waals surface area (Å²) in [6, 6.07) is 12.3. The van der Waals surface area contributed by atoms with Crippen molar-refractivity contribution < 1.29 is 5.11 Å². The van der Waals surface area contributed by atoms with Crippen LogP contribution < -0.4 is 5.32 Å². The van der Waals surface area contributed by atoms with Gasteiger partial charge in [0.1, 0.15) is 12.1 Å². The van der Waals surface area contributed by atoms with Gasteiger partial charge in [0.05, 0.1) is 18.6 Å². The smallest absolute Gasteiger partial charge is 0.165 e. The van der Waals surface area contributed by atoms with Crippen molar-refractivity contribution in [2.75, 3.05) is 5.32 Å². The highest BCUT2D eigenvalue weighted by Crippen LogP contribution is 2.32. The number of hydrogen-bond donors (Lipinski definition) is 2. The zero-order chi connectivity index (χ0) is 18.1. The number of nitrogens with one attached hydrogen (secondary N) is 1. The predicted molar refractivity (Wildman–Crippen MR) is 101 cm³/mol. The third kappa shape index (κ3) is 3.05. The summed E-state index contributed by atoms with van der Waals surface area (Å²) < 4.78 is 1.82. The van der Waals surface area contributed by atoms with E-state index in [-0.39, 0.29) is 5.75 Å². The minimum atomic E-state index is 0.126. The second-order valence-corrected chi connectivity index (χ2v) is 6.42. The fourth-order valence-electron chi connectivity index (χ4n) is 2.65. The van der Waals surface area contributed by atoms with Crippen LogP contribution >= 0.6 is 23.2 Å². The van der Waals surface area contributed by atoms with Crippen LogP contribution in [0.5, 0.6) is 5.75 Å². The first kappa shape index (κ1) is 16.6. The first-order valence-corrected chi connectivity index (χ1v) is 8.53. The molecule has 2 aliphatic rings. The van der Waals surface area contributed by atoms with Crippen molar-refractivity contribution in [1.82, 2.24) is 19.5 Å². The number of fused-ring (bicyclic) bond motifs is 1. The Morgan fingerprint density at radius 2 is 1.73 bits per heavy atom. The van der Waals surface area contributed by atoms with Gasteiger partial charge in [-0.3, -0.25) is 0 Å². The summed E-state index contributed by atoms with van der Waals surface area (Å²) in [5.41, 5.74) is 1.91. The fourth-order valence-corrected chi connectivity index (χ4v) is 3.17. The highest BCUT2D eigenvalue weighted by molar-refractivity contribution is 6.35. The maximum absolute atomic E-state index is 9.94. The van der Waals surface area contributed by atoms with E-state index in [1.165, 1.54) is 6.33 Å². The normalized spacial score (nSPS) is 11.0. The Kier molecular flexibility index (Phi) is 4.36. The monoisotopic (exact) mass is 385 g/mol. The number of benzene rings is 2. The number of aromatic nitrogens is 4. The van der Waals surface area contributed by atoms with Gasteiger partial charge in [0.15, 0.2) is 17.3 Å². The molecule has 0 radical (unpaired) electrons. The molecule has 2 aliphatic heterocycles. The van der Waals surface area contributed by atoms with E-state index in [9.17, 15) is 5.11 Å². The molecule has 2 heterocycles. The van der Waals surface area contributed by atoms with Crippen LogP contribution in [0.15, 0.2) is 55.1 Å². The van der Waals surface area contributed by atoms with E-state index < -0.39 is 0 Å². The minimum absolute atomic E-state index is 0.126. The topological polar surface area (TPSA) is 75.9 Å². The molecule has 2 aromatic carbocycles. The van der Waals surface area contributed by atoms with E-state index in [1.807, 2.05) is 10.6 Å². The Hall–Kier alpha value is -2.83. The Morgan fingerprint density at radius 1 is 0.962 bits per heavy atom. The van der Waals surface area contributed by atoms with Gasteiger partial charge in [-0.25, -0.2) is 15.0 Å². The van der Waals surface area contributed by atoms with Gasteiger partial charge in [0, 0.05) is 15.6 Å². The largest absolute Gasteiger partial charge is 0.506 e. The zero-order valence-corrected chi connectivity index (χ0v) is 14.9. The molecule has 6 nitrogen and oxygen atoms in total. The number of anilines is 2. The van der Waals surface area contributed by atoms with Gasteiger partial charge in [-0.15, -0.1) is 0 Å². The Labute approximate surface area is 159 Å². The van der Waals surface area contributed by atoms with Gasteiger partial charge in [0.2, 0.25) is 0 Å². The SMILES string of the molecule is Oc1ccccc1Nc1ncn(Cc2c(Cl)cccc2Cl)c2ncnc1-2. The summed E-state index contributed by atoms with van der Waals surface area (Å²) in [5.74, 6) is 1.26. The predicted octanol–water partition coefficient (Wildman–Crippen LogP) is 4.58. The first-order valence-electron chi connectivity index (χ1n) is 7.77. The Morgan fingerprint density at radius 3 is 2.50 bits per heavy atom.